The number of rotatable bonds is 4. The van der Waals surface area contributed by atoms with E-state index in [1.165, 1.54) is 12.2 Å². The van der Waals surface area contributed by atoms with Crippen LogP contribution in [0.2, 0.25) is 0 Å². The molecule has 0 saturated carbocycles. The molecule has 3 nitrogen and oxygen atoms in total. The molecule has 0 bridgehead atoms. The monoisotopic (exact) mass is 194 g/mol. The van der Waals surface area contributed by atoms with Gasteiger partial charge in [-0.2, -0.15) is 0 Å². The average molecular weight is 194 g/mol. The highest BCUT2D eigenvalue weighted by molar-refractivity contribution is 7.95. The Morgan fingerprint density at radius 3 is 2.08 bits per heavy atom. The molecule has 0 rings (SSSR count). The molecule has 0 aromatic rings. The molecule has 0 aromatic heterocycles. The van der Waals surface area contributed by atoms with Crippen molar-refractivity contribution >= 4 is 16.9 Å². The van der Waals surface area contributed by atoms with Crippen LogP contribution in [0.15, 0.2) is 0 Å². The highest BCUT2D eigenvalue weighted by Crippen LogP contribution is 1.92. The van der Waals surface area contributed by atoms with Gasteiger partial charge in [0.2, 0.25) is 0 Å². The van der Waals surface area contributed by atoms with Crippen LogP contribution in [-0.4, -0.2) is 35.9 Å². The second-order valence-electron chi connectivity index (χ2n) is 2.61. The first-order chi connectivity index (χ1) is 5.50. The number of aliphatic carboxylic acids is 1. The zero-order chi connectivity index (χ0) is 9.98. The van der Waals surface area contributed by atoms with Gasteiger partial charge in [0.15, 0.2) is 0 Å². The van der Waals surface area contributed by atoms with E-state index in [4.69, 9.17) is 15.0 Å². The molecule has 4 heteroatoms. The van der Waals surface area contributed by atoms with Crippen molar-refractivity contribution in [2.45, 2.75) is 19.8 Å². The minimum Gasteiger partial charge on any atom is -0.550 e. The van der Waals surface area contributed by atoms with Crippen molar-refractivity contribution in [3.8, 4) is 0 Å². The molecule has 0 radical (unpaired) electrons. The number of unbranched alkanes of at least 4 members (excludes halogenated alkanes) is 1. The van der Waals surface area contributed by atoms with Gasteiger partial charge in [-0.15, -0.1) is 0 Å². The lowest BCUT2D eigenvalue weighted by atomic mass is 10.4. The molecular weight excluding hydrogens is 176 g/mol. The number of carbonyl (C=O) groups is 1. The number of carboxylic acid groups (broad SMARTS) is 1. The molecule has 0 aliphatic carbocycles. The molecule has 0 aliphatic heterocycles. The zero-order valence-corrected chi connectivity index (χ0v) is 8.82. The van der Waals surface area contributed by atoms with Crippen LogP contribution in [0.1, 0.15) is 19.8 Å². The summed E-state index contributed by atoms with van der Waals surface area (Å²) in [6.07, 6.45) is 6.63. The number of carboxylic acids is 1. The van der Waals surface area contributed by atoms with Gasteiger partial charge in [0.25, 0.3) is 0 Å². The van der Waals surface area contributed by atoms with E-state index in [1.54, 1.807) is 0 Å². The summed E-state index contributed by atoms with van der Waals surface area (Å²) in [5.74, 6) is 0.195. The summed E-state index contributed by atoms with van der Waals surface area (Å²) < 4.78 is 0. The summed E-state index contributed by atoms with van der Waals surface area (Å²) >= 11 is 0. The highest BCUT2D eigenvalue weighted by atomic mass is 32.2. The van der Waals surface area contributed by atoms with Gasteiger partial charge in [-0.25, -0.2) is 0 Å². The molecule has 0 fully saturated rings. The van der Waals surface area contributed by atoms with Crippen molar-refractivity contribution in [3.05, 3.63) is 0 Å². The lowest BCUT2D eigenvalue weighted by Crippen LogP contribution is -2.16. The summed E-state index contributed by atoms with van der Waals surface area (Å²) in [4.78, 5) is 8.89. The van der Waals surface area contributed by atoms with Crippen LogP contribution >= 0.6 is 0 Å². The molecule has 0 heterocycles. The number of aliphatic hydroxyl groups excluding tert-OH is 1. The first-order valence-corrected chi connectivity index (χ1v) is 6.04. The highest BCUT2D eigenvalue weighted by Gasteiger charge is 1.98. The fraction of sp³-hybridized carbons (Fsp3) is 0.875. The minimum atomic E-state index is -1.08. The second kappa shape index (κ2) is 10.8. The number of aliphatic hydroxyl groups is 1. The van der Waals surface area contributed by atoms with Gasteiger partial charge in [0.1, 0.15) is 5.75 Å². The third-order valence-electron chi connectivity index (χ3n) is 0.961. The van der Waals surface area contributed by atoms with E-state index >= 15 is 0 Å². The fourth-order valence-corrected chi connectivity index (χ4v) is 1.28. The van der Waals surface area contributed by atoms with Gasteiger partial charge in [-0.05, 0) is 30.7 Å². The third kappa shape index (κ3) is 33.0. The smallest absolute Gasteiger partial charge is 0.107 e. The Morgan fingerprint density at radius 1 is 1.42 bits per heavy atom. The quantitative estimate of drug-likeness (QED) is 0.480. The Hall–Kier alpha value is -0.220. The van der Waals surface area contributed by atoms with Crippen molar-refractivity contribution in [1.82, 2.24) is 0 Å². The van der Waals surface area contributed by atoms with Gasteiger partial charge < -0.3 is 15.0 Å². The van der Waals surface area contributed by atoms with E-state index in [0.29, 0.717) is 17.5 Å². The normalized spacial score (nSPS) is 9.08. The zero-order valence-electron chi connectivity index (χ0n) is 8.00. The van der Waals surface area contributed by atoms with E-state index < -0.39 is 5.97 Å². The summed E-state index contributed by atoms with van der Waals surface area (Å²) in [7, 11) is 0.572. The van der Waals surface area contributed by atoms with Crippen LogP contribution in [0.25, 0.3) is 0 Å². The lowest BCUT2D eigenvalue weighted by molar-refractivity contribution is -0.302. The minimum absolute atomic E-state index is 0.358. The van der Waals surface area contributed by atoms with Crippen LogP contribution in [0, 0.1) is 0 Å². The van der Waals surface area contributed by atoms with E-state index in [-0.39, 0.29) is 0 Å². The van der Waals surface area contributed by atoms with Gasteiger partial charge in [-0.3, -0.25) is 0 Å². The van der Waals surface area contributed by atoms with Gasteiger partial charge >= 0.3 is 0 Å². The van der Waals surface area contributed by atoms with Crippen LogP contribution < -0.4 is 5.11 Å². The fourth-order valence-electron chi connectivity index (χ4n) is 0.503. The summed E-state index contributed by atoms with van der Waals surface area (Å²) in [6.45, 7) is 1.33. The average Bonchev–Trinajstić information content (AvgIpc) is 1.86. The van der Waals surface area contributed by atoms with Crippen LogP contribution in [0.5, 0.6) is 0 Å². The third-order valence-corrected chi connectivity index (χ3v) is 2.07. The van der Waals surface area contributed by atoms with Crippen molar-refractivity contribution in [3.63, 3.8) is 0 Å². The van der Waals surface area contributed by atoms with E-state index in [1.807, 2.05) is 0 Å². The Morgan fingerprint density at radius 2 is 1.83 bits per heavy atom. The van der Waals surface area contributed by atoms with Gasteiger partial charge in [0, 0.05) is 12.6 Å². The van der Waals surface area contributed by atoms with Crippen LogP contribution in [-0.2, 0) is 15.7 Å². The maximum absolute atomic E-state index is 8.89. The molecular formula is C8H18O3S. The standard InChI is InChI=1S/C6H15OS.C2H4O2/c1-8(2)6-4-3-5-7;1-2(3)4/h7H,3-6H2,1-2H3;1H3,(H,3,4)/q+1;/p-1. The topological polar surface area (TPSA) is 60.4 Å². The van der Waals surface area contributed by atoms with Gasteiger partial charge in [0.05, 0.1) is 12.5 Å². The molecule has 12 heavy (non-hydrogen) atoms. The second-order valence-corrected chi connectivity index (χ2v) is 4.99. The lowest BCUT2D eigenvalue weighted by Gasteiger charge is -1.93. The Kier molecular flexibility index (Phi) is 12.9. The van der Waals surface area contributed by atoms with E-state index in [2.05, 4.69) is 12.5 Å². The number of carbonyl (C=O) groups excluding carboxylic acids is 1. The summed E-state index contributed by atoms with van der Waals surface area (Å²) in [5, 5.41) is 17.3. The largest absolute Gasteiger partial charge is 0.550 e. The molecule has 74 valence electrons. The molecule has 0 atom stereocenters. The molecule has 0 aliphatic rings. The summed E-state index contributed by atoms with van der Waals surface area (Å²) in [6, 6.07) is 0. The number of hydrogen-bond donors (Lipinski definition) is 1. The Labute approximate surface area is 77.1 Å². The van der Waals surface area contributed by atoms with Crippen molar-refractivity contribution in [2.24, 2.45) is 0 Å². The maximum atomic E-state index is 8.89. The Balaban J connectivity index is 0. The van der Waals surface area contributed by atoms with Crippen LogP contribution in [0.4, 0.5) is 0 Å². The molecule has 0 aromatic carbocycles. The predicted molar refractivity (Wildman–Crippen MR) is 51.1 cm³/mol. The van der Waals surface area contributed by atoms with Crippen molar-refractivity contribution in [2.75, 3.05) is 24.9 Å². The molecule has 0 spiro atoms. The number of hydrogen-bond acceptors (Lipinski definition) is 3. The predicted octanol–water partition coefficient (Wildman–Crippen LogP) is -0.607. The Bertz CT molecular complexity index is 100. The summed E-state index contributed by atoms with van der Waals surface area (Å²) in [5.41, 5.74) is 0. The first-order valence-electron chi connectivity index (χ1n) is 3.83. The van der Waals surface area contributed by atoms with Crippen molar-refractivity contribution in [1.29, 1.82) is 0 Å². The molecule has 0 unspecified atom stereocenters. The van der Waals surface area contributed by atoms with Gasteiger partial charge in [-0.1, -0.05) is 0 Å². The molecule has 0 amide bonds. The van der Waals surface area contributed by atoms with E-state index in [0.717, 1.165) is 13.3 Å². The molecule has 0 saturated heterocycles. The van der Waals surface area contributed by atoms with Crippen LogP contribution in [0.3, 0.4) is 0 Å². The first kappa shape index (κ1) is 14.3. The SMILES string of the molecule is CC(=O)[O-].C[S+](C)CCCCO. The van der Waals surface area contributed by atoms with Crippen molar-refractivity contribution < 1.29 is 15.0 Å². The maximum Gasteiger partial charge on any atom is 0.107 e. The van der Waals surface area contributed by atoms with E-state index in [9.17, 15) is 0 Å². The molecule has 1 N–H and O–H groups in total.